The number of aromatic nitrogens is 2. The largest absolute Gasteiger partial charge is 0.309 e. The minimum atomic E-state index is 1.18. The lowest BCUT2D eigenvalue weighted by atomic mass is 9.98. The number of fused-ring (bicyclic) bond motifs is 8. The molecule has 2 heterocycles. The van der Waals surface area contributed by atoms with Crippen molar-refractivity contribution in [3.63, 3.8) is 0 Å². The molecule has 10 rings (SSSR count). The van der Waals surface area contributed by atoms with E-state index in [-0.39, 0.29) is 0 Å². The van der Waals surface area contributed by atoms with Crippen molar-refractivity contribution in [2.24, 2.45) is 0 Å². The summed E-state index contributed by atoms with van der Waals surface area (Å²) in [6.07, 6.45) is 0. The predicted octanol–water partition coefficient (Wildman–Crippen LogP) is 11.2. The Balaban J connectivity index is 1.24. The van der Waals surface area contributed by atoms with Crippen molar-refractivity contribution in [2.45, 2.75) is 0 Å². The summed E-state index contributed by atoms with van der Waals surface area (Å²) >= 11 is 0. The highest BCUT2D eigenvalue weighted by Crippen LogP contribution is 2.53. The van der Waals surface area contributed by atoms with Gasteiger partial charge in [-0.25, -0.2) is 0 Å². The summed E-state index contributed by atoms with van der Waals surface area (Å²) in [6, 6.07) is 57.6. The van der Waals surface area contributed by atoms with Crippen LogP contribution in [0.2, 0.25) is 0 Å². The minimum Gasteiger partial charge on any atom is -0.309 e. The summed E-state index contributed by atoms with van der Waals surface area (Å²) < 4.78 is 4.84. The summed E-state index contributed by atoms with van der Waals surface area (Å²) in [4.78, 5) is 0. The van der Waals surface area contributed by atoms with E-state index >= 15 is 0 Å². The van der Waals surface area contributed by atoms with Gasteiger partial charge < -0.3 is 9.13 Å². The number of para-hydroxylation sites is 3. The second kappa shape index (κ2) is 8.82. The Kier molecular flexibility index (Phi) is 4.75. The van der Waals surface area contributed by atoms with Crippen LogP contribution in [0.1, 0.15) is 0 Å². The molecule has 0 saturated carbocycles. The zero-order valence-corrected chi connectivity index (χ0v) is 23.9. The van der Waals surface area contributed by atoms with Crippen LogP contribution in [0.25, 0.3) is 88.4 Å². The van der Waals surface area contributed by atoms with Crippen molar-refractivity contribution in [1.82, 2.24) is 9.13 Å². The fourth-order valence-electron chi connectivity index (χ4n) is 7.60. The van der Waals surface area contributed by atoms with Crippen LogP contribution in [0.4, 0.5) is 0 Å². The Morgan fingerprint density at radius 1 is 0.364 bits per heavy atom. The van der Waals surface area contributed by atoms with E-state index in [4.69, 9.17) is 0 Å². The molecule has 0 bridgehead atoms. The van der Waals surface area contributed by atoms with Crippen LogP contribution in [0.3, 0.4) is 0 Å². The molecule has 0 amide bonds. The normalized spacial score (nSPS) is 12.1. The molecule has 204 valence electrons. The van der Waals surface area contributed by atoms with Gasteiger partial charge in [-0.2, -0.15) is 0 Å². The number of hydrogen-bond acceptors (Lipinski definition) is 0. The lowest BCUT2D eigenvalue weighted by Gasteiger charge is -2.12. The van der Waals surface area contributed by atoms with E-state index < -0.39 is 0 Å². The number of hydrogen-bond donors (Lipinski definition) is 0. The average Bonchev–Trinajstić information content (AvgIpc) is 3.72. The van der Waals surface area contributed by atoms with Crippen LogP contribution in [-0.4, -0.2) is 9.13 Å². The molecule has 1 aliphatic carbocycles. The van der Waals surface area contributed by atoms with Gasteiger partial charge in [-0.1, -0.05) is 103 Å². The Morgan fingerprint density at radius 3 is 1.66 bits per heavy atom. The summed E-state index contributed by atoms with van der Waals surface area (Å²) in [7, 11) is 0. The van der Waals surface area contributed by atoms with Crippen molar-refractivity contribution in [2.75, 3.05) is 0 Å². The zero-order chi connectivity index (χ0) is 28.8. The van der Waals surface area contributed by atoms with Crippen LogP contribution < -0.4 is 0 Å². The van der Waals surface area contributed by atoms with E-state index in [0.717, 1.165) is 0 Å². The second-order valence-corrected chi connectivity index (χ2v) is 11.8. The number of nitrogens with zero attached hydrogens (tertiary/aromatic N) is 2. The second-order valence-electron chi connectivity index (χ2n) is 11.8. The summed E-state index contributed by atoms with van der Waals surface area (Å²) in [6.45, 7) is 0. The van der Waals surface area contributed by atoms with E-state index in [1.165, 1.54) is 88.4 Å². The maximum Gasteiger partial charge on any atom is 0.0626 e. The summed E-state index contributed by atoms with van der Waals surface area (Å²) in [5.41, 5.74) is 13.8. The molecule has 44 heavy (non-hydrogen) atoms. The number of rotatable bonds is 3. The van der Waals surface area contributed by atoms with E-state index in [9.17, 15) is 0 Å². The van der Waals surface area contributed by atoms with Crippen LogP contribution in [0, 0.1) is 0 Å². The van der Waals surface area contributed by atoms with Gasteiger partial charge in [-0.3, -0.25) is 0 Å². The molecule has 0 N–H and O–H groups in total. The van der Waals surface area contributed by atoms with Gasteiger partial charge in [0.05, 0.1) is 22.2 Å². The van der Waals surface area contributed by atoms with Crippen LogP contribution in [-0.2, 0) is 0 Å². The molecule has 0 radical (unpaired) electrons. The molecule has 0 saturated heterocycles. The van der Waals surface area contributed by atoms with E-state index in [1.54, 1.807) is 0 Å². The van der Waals surface area contributed by atoms with Gasteiger partial charge in [0.15, 0.2) is 0 Å². The van der Waals surface area contributed by atoms with Gasteiger partial charge in [0.25, 0.3) is 0 Å². The highest BCUT2D eigenvalue weighted by atomic mass is 15.0. The highest BCUT2D eigenvalue weighted by Gasteiger charge is 2.29. The standard InChI is InChI=1S/C42H26N2/c1-3-13-30(14-4-1)43-37-20-8-7-17-32(37)35-25-28(21-23-38(35)43)29-22-24-39-36(26-29)41-33-18-9-11-27-12-10-19-34(40(27)33)42(41)44(39)31-15-5-2-6-16-31/h1-26H. The Morgan fingerprint density at radius 2 is 0.932 bits per heavy atom. The zero-order valence-electron chi connectivity index (χ0n) is 23.9. The Labute approximate surface area is 254 Å². The maximum absolute atomic E-state index is 2.46. The highest BCUT2D eigenvalue weighted by molar-refractivity contribution is 6.22. The van der Waals surface area contributed by atoms with Gasteiger partial charge >= 0.3 is 0 Å². The fraction of sp³-hybridized carbons (Fsp3) is 0. The minimum absolute atomic E-state index is 1.18. The topological polar surface area (TPSA) is 9.86 Å². The first-order valence-corrected chi connectivity index (χ1v) is 15.2. The quantitative estimate of drug-likeness (QED) is 0.204. The van der Waals surface area contributed by atoms with Crippen LogP contribution >= 0.6 is 0 Å². The molecule has 0 atom stereocenters. The molecule has 0 fully saturated rings. The SMILES string of the molecule is c1ccc(-n2c3c(c4cc(-c5ccc6c(c5)c5ccccc5n6-c5ccccc5)ccc42)-c2cccc4cccc-3c24)cc1. The maximum atomic E-state index is 2.46. The molecule has 9 aromatic rings. The van der Waals surface area contributed by atoms with Gasteiger partial charge in [0.2, 0.25) is 0 Å². The van der Waals surface area contributed by atoms with Crippen molar-refractivity contribution in [3.8, 4) is 44.9 Å². The summed E-state index contributed by atoms with van der Waals surface area (Å²) in [5, 5.41) is 6.48. The van der Waals surface area contributed by atoms with Crippen molar-refractivity contribution < 1.29 is 0 Å². The van der Waals surface area contributed by atoms with Crippen molar-refractivity contribution >= 4 is 43.5 Å². The third-order valence-electron chi connectivity index (χ3n) is 9.43. The number of benzene rings is 7. The molecule has 0 aliphatic heterocycles. The van der Waals surface area contributed by atoms with Gasteiger partial charge in [-0.15, -0.1) is 0 Å². The van der Waals surface area contributed by atoms with Gasteiger partial charge in [0, 0.05) is 38.7 Å². The van der Waals surface area contributed by atoms with Gasteiger partial charge in [-0.05, 0) is 82.1 Å². The lowest BCUT2D eigenvalue weighted by Crippen LogP contribution is -1.96. The average molecular weight is 559 g/mol. The van der Waals surface area contributed by atoms with Gasteiger partial charge in [0.1, 0.15) is 0 Å². The molecule has 1 aliphatic rings. The lowest BCUT2D eigenvalue weighted by molar-refractivity contribution is 1.14. The molecule has 7 aromatic carbocycles. The first-order valence-electron chi connectivity index (χ1n) is 15.2. The molecule has 2 aromatic heterocycles. The van der Waals surface area contributed by atoms with E-state index in [0.29, 0.717) is 0 Å². The smallest absolute Gasteiger partial charge is 0.0626 e. The molecular formula is C42H26N2. The molecular weight excluding hydrogens is 532 g/mol. The van der Waals surface area contributed by atoms with Crippen LogP contribution in [0.15, 0.2) is 158 Å². The van der Waals surface area contributed by atoms with Crippen molar-refractivity contribution in [1.29, 1.82) is 0 Å². The Bertz CT molecular complexity index is 2580. The fourth-order valence-corrected chi connectivity index (χ4v) is 7.60. The van der Waals surface area contributed by atoms with Crippen molar-refractivity contribution in [3.05, 3.63) is 158 Å². The van der Waals surface area contributed by atoms with E-state index in [1.807, 2.05) is 0 Å². The van der Waals surface area contributed by atoms with Crippen LogP contribution in [0.5, 0.6) is 0 Å². The first kappa shape index (κ1) is 23.7. The molecule has 0 unspecified atom stereocenters. The first-order chi connectivity index (χ1) is 21.8. The Hall–Kier alpha value is -5.86. The molecule has 2 heteroatoms. The third kappa shape index (κ3) is 3.14. The summed E-state index contributed by atoms with van der Waals surface area (Å²) in [5.74, 6) is 0. The monoisotopic (exact) mass is 558 g/mol. The van der Waals surface area contributed by atoms with E-state index in [2.05, 4.69) is 167 Å². The molecule has 2 nitrogen and oxygen atoms in total. The molecule has 0 spiro atoms. The third-order valence-corrected chi connectivity index (χ3v) is 9.43. The predicted molar refractivity (Wildman–Crippen MR) is 185 cm³/mol.